The van der Waals surface area contributed by atoms with Gasteiger partial charge in [-0.05, 0) is 6.42 Å². The van der Waals surface area contributed by atoms with Crippen molar-refractivity contribution in [2.24, 2.45) is 0 Å². The molecule has 0 aliphatic rings. The van der Waals surface area contributed by atoms with Gasteiger partial charge in [-0.1, -0.05) is 6.92 Å². The number of H-pyrrole nitrogens is 1. The van der Waals surface area contributed by atoms with E-state index < -0.39 is 0 Å². The van der Waals surface area contributed by atoms with E-state index in [4.69, 9.17) is 0 Å². The van der Waals surface area contributed by atoms with Crippen LogP contribution in [0.3, 0.4) is 0 Å². The lowest BCUT2D eigenvalue weighted by Crippen LogP contribution is -2.34. The molecule has 0 spiro atoms. The molecule has 0 unspecified atom stereocenters. The minimum Gasteiger partial charge on any atom is -0.354 e. The van der Waals surface area contributed by atoms with Gasteiger partial charge in [-0.15, -0.1) is 0 Å². The minimum absolute atomic E-state index is 0.0100. The molecular formula is C13H21N7O. The molecule has 21 heavy (non-hydrogen) atoms. The van der Waals surface area contributed by atoms with Crippen molar-refractivity contribution in [3.05, 3.63) is 6.20 Å². The Hall–Kier alpha value is -2.38. The lowest BCUT2D eigenvalue weighted by molar-refractivity contribution is -0.127. The summed E-state index contributed by atoms with van der Waals surface area (Å²) in [6, 6.07) is 0. The average molecular weight is 291 g/mol. The molecule has 0 atom stereocenters. The first-order valence-corrected chi connectivity index (χ1v) is 6.89. The number of amides is 1. The van der Waals surface area contributed by atoms with E-state index in [-0.39, 0.29) is 12.5 Å². The maximum atomic E-state index is 11.9. The summed E-state index contributed by atoms with van der Waals surface area (Å²) in [6.45, 7) is 3.11. The number of hydrogen-bond acceptors (Lipinski definition) is 6. The Morgan fingerprint density at radius 1 is 1.33 bits per heavy atom. The molecule has 2 rings (SSSR count). The summed E-state index contributed by atoms with van der Waals surface area (Å²) in [7, 11) is 5.30. The van der Waals surface area contributed by atoms with Crippen LogP contribution in [-0.2, 0) is 4.79 Å². The summed E-state index contributed by atoms with van der Waals surface area (Å²) in [4.78, 5) is 24.1. The molecule has 0 aliphatic carbocycles. The predicted octanol–water partition coefficient (Wildman–Crippen LogP) is 0.699. The van der Waals surface area contributed by atoms with E-state index in [0.29, 0.717) is 17.4 Å². The van der Waals surface area contributed by atoms with Gasteiger partial charge in [-0.3, -0.25) is 9.89 Å². The summed E-state index contributed by atoms with van der Waals surface area (Å²) in [5.74, 6) is 1.23. The van der Waals surface area contributed by atoms with Gasteiger partial charge in [-0.2, -0.15) is 15.1 Å². The van der Waals surface area contributed by atoms with E-state index in [0.717, 1.165) is 18.4 Å². The summed E-state index contributed by atoms with van der Waals surface area (Å²) in [5.41, 5.74) is 0.655. The van der Waals surface area contributed by atoms with Crippen LogP contribution in [0.15, 0.2) is 6.20 Å². The van der Waals surface area contributed by atoms with Crippen LogP contribution >= 0.6 is 0 Å². The number of fused-ring (bicyclic) bond motifs is 1. The SMILES string of the molecule is CCCNc1nc(N(C)CC(=O)N(C)C)c2cn[nH]c2n1. The molecule has 0 saturated heterocycles. The Morgan fingerprint density at radius 3 is 2.76 bits per heavy atom. The number of nitrogens with one attached hydrogen (secondary N) is 2. The van der Waals surface area contributed by atoms with Crippen molar-refractivity contribution in [2.75, 3.05) is 44.4 Å². The Kier molecular flexibility index (Phi) is 4.56. The van der Waals surface area contributed by atoms with Gasteiger partial charge in [0.05, 0.1) is 18.1 Å². The van der Waals surface area contributed by atoms with Gasteiger partial charge in [0.2, 0.25) is 11.9 Å². The topological polar surface area (TPSA) is 90.0 Å². The van der Waals surface area contributed by atoms with Crippen LogP contribution in [0.5, 0.6) is 0 Å². The molecule has 8 nitrogen and oxygen atoms in total. The standard InChI is InChI=1S/C13H21N7O/c1-5-6-14-13-16-11-9(7-15-18-11)12(17-13)20(4)8-10(21)19(2)3/h7H,5-6,8H2,1-4H3,(H2,14,15,16,17,18). The molecule has 8 heteroatoms. The molecule has 0 bridgehead atoms. The van der Waals surface area contributed by atoms with Crippen molar-refractivity contribution in [2.45, 2.75) is 13.3 Å². The van der Waals surface area contributed by atoms with E-state index in [1.165, 1.54) is 0 Å². The lowest BCUT2D eigenvalue weighted by Gasteiger charge is -2.21. The largest absolute Gasteiger partial charge is 0.354 e. The second kappa shape index (κ2) is 6.38. The smallest absolute Gasteiger partial charge is 0.241 e. The maximum Gasteiger partial charge on any atom is 0.241 e. The Balaban J connectivity index is 2.31. The molecule has 1 amide bonds. The van der Waals surface area contributed by atoms with Gasteiger partial charge in [0.25, 0.3) is 0 Å². The number of aromatic nitrogens is 4. The quantitative estimate of drug-likeness (QED) is 0.814. The van der Waals surface area contributed by atoms with Crippen molar-refractivity contribution in [3.8, 4) is 0 Å². The van der Waals surface area contributed by atoms with Crippen LogP contribution in [-0.4, -0.2) is 65.2 Å². The predicted molar refractivity (Wildman–Crippen MR) is 82.4 cm³/mol. The number of hydrogen-bond donors (Lipinski definition) is 2. The van der Waals surface area contributed by atoms with E-state index in [1.54, 1.807) is 30.1 Å². The molecule has 0 saturated carbocycles. The third kappa shape index (κ3) is 3.39. The molecule has 2 N–H and O–H groups in total. The Bertz CT molecular complexity index is 622. The number of nitrogens with zero attached hydrogens (tertiary/aromatic N) is 5. The highest BCUT2D eigenvalue weighted by molar-refractivity contribution is 5.90. The van der Waals surface area contributed by atoms with E-state index in [2.05, 4.69) is 32.4 Å². The minimum atomic E-state index is 0.0100. The Labute approximate surface area is 123 Å². The van der Waals surface area contributed by atoms with Crippen LogP contribution < -0.4 is 10.2 Å². The highest BCUT2D eigenvalue weighted by Gasteiger charge is 2.16. The van der Waals surface area contributed by atoms with Gasteiger partial charge in [0, 0.05) is 27.7 Å². The highest BCUT2D eigenvalue weighted by atomic mass is 16.2. The molecule has 2 heterocycles. The van der Waals surface area contributed by atoms with Gasteiger partial charge in [0.1, 0.15) is 5.82 Å². The highest BCUT2D eigenvalue weighted by Crippen LogP contribution is 2.22. The number of carbonyl (C=O) groups excluding carboxylic acids is 1. The fraction of sp³-hybridized carbons (Fsp3) is 0.538. The van der Waals surface area contributed by atoms with Crippen molar-refractivity contribution >= 4 is 28.7 Å². The van der Waals surface area contributed by atoms with E-state index in [1.807, 2.05) is 7.05 Å². The van der Waals surface area contributed by atoms with Crippen molar-refractivity contribution in [1.29, 1.82) is 0 Å². The second-order valence-electron chi connectivity index (χ2n) is 5.07. The summed E-state index contributed by atoms with van der Waals surface area (Å²) in [5, 5.41) is 10.8. The number of anilines is 2. The fourth-order valence-electron chi connectivity index (χ4n) is 1.85. The van der Waals surface area contributed by atoms with Crippen molar-refractivity contribution < 1.29 is 4.79 Å². The molecular weight excluding hydrogens is 270 g/mol. The number of aromatic amines is 1. The molecule has 2 aromatic heterocycles. The molecule has 114 valence electrons. The maximum absolute atomic E-state index is 11.9. The van der Waals surface area contributed by atoms with E-state index >= 15 is 0 Å². The summed E-state index contributed by atoms with van der Waals surface area (Å²) < 4.78 is 0. The van der Waals surface area contributed by atoms with Crippen molar-refractivity contribution in [3.63, 3.8) is 0 Å². The average Bonchev–Trinajstić information content (AvgIpc) is 2.92. The van der Waals surface area contributed by atoms with Crippen LogP contribution in [0.4, 0.5) is 11.8 Å². The van der Waals surface area contributed by atoms with Crippen LogP contribution in [0.1, 0.15) is 13.3 Å². The van der Waals surface area contributed by atoms with Crippen LogP contribution in [0.2, 0.25) is 0 Å². The van der Waals surface area contributed by atoms with Gasteiger partial charge in [0.15, 0.2) is 5.65 Å². The third-order valence-corrected chi connectivity index (χ3v) is 3.06. The monoisotopic (exact) mass is 291 g/mol. The van der Waals surface area contributed by atoms with Gasteiger partial charge < -0.3 is 15.1 Å². The first-order valence-electron chi connectivity index (χ1n) is 6.89. The number of rotatable bonds is 6. The summed E-state index contributed by atoms with van der Waals surface area (Å²) >= 11 is 0. The number of carbonyl (C=O) groups is 1. The zero-order chi connectivity index (χ0) is 15.4. The van der Waals surface area contributed by atoms with E-state index in [9.17, 15) is 4.79 Å². The van der Waals surface area contributed by atoms with Gasteiger partial charge >= 0.3 is 0 Å². The Morgan fingerprint density at radius 2 is 2.10 bits per heavy atom. The van der Waals surface area contributed by atoms with Crippen LogP contribution in [0.25, 0.3) is 11.0 Å². The second-order valence-corrected chi connectivity index (χ2v) is 5.07. The zero-order valence-electron chi connectivity index (χ0n) is 12.8. The summed E-state index contributed by atoms with van der Waals surface area (Å²) in [6.07, 6.45) is 2.65. The lowest BCUT2D eigenvalue weighted by atomic mass is 10.3. The first-order chi connectivity index (χ1) is 10.0. The third-order valence-electron chi connectivity index (χ3n) is 3.06. The zero-order valence-corrected chi connectivity index (χ0v) is 12.8. The number of likely N-dealkylation sites (N-methyl/N-ethyl adjacent to an activating group) is 2. The molecule has 0 aromatic carbocycles. The molecule has 2 aromatic rings. The van der Waals surface area contributed by atoms with Crippen molar-refractivity contribution in [1.82, 2.24) is 25.1 Å². The normalized spacial score (nSPS) is 10.7. The van der Waals surface area contributed by atoms with Gasteiger partial charge in [-0.25, -0.2) is 0 Å². The molecule has 0 radical (unpaired) electrons. The molecule has 0 aliphatic heterocycles. The van der Waals surface area contributed by atoms with Crippen LogP contribution in [0, 0.1) is 0 Å². The fourth-order valence-corrected chi connectivity index (χ4v) is 1.85. The first kappa shape index (κ1) is 15.0. The molecule has 0 fully saturated rings.